The van der Waals surface area contributed by atoms with E-state index in [9.17, 15) is 8.78 Å². The third-order valence-electron chi connectivity index (χ3n) is 2.73. The van der Waals surface area contributed by atoms with E-state index in [0.29, 0.717) is 11.1 Å². The van der Waals surface area contributed by atoms with Crippen LogP contribution >= 0.6 is 27.5 Å². The summed E-state index contributed by atoms with van der Waals surface area (Å²) in [5.74, 6) is -0.729. The van der Waals surface area contributed by atoms with Gasteiger partial charge in [0.25, 0.3) is 0 Å². The van der Waals surface area contributed by atoms with E-state index < -0.39 is 5.82 Å². The van der Waals surface area contributed by atoms with Crippen LogP contribution in [0.4, 0.5) is 8.78 Å². The average Bonchev–Trinajstić information content (AvgIpc) is 2.35. The molecule has 0 N–H and O–H groups in total. The lowest BCUT2D eigenvalue weighted by Gasteiger charge is -2.13. The van der Waals surface area contributed by atoms with Gasteiger partial charge in [-0.05, 0) is 30.2 Å². The largest absolute Gasteiger partial charge is 0.207 e. The van der Waals surface area contributed by atoms with Crippen molar-refractivity contribution in [2.75, 3.05) is 0 Å². The fraction of sp³-hybridized carbons (Fsp3) is 0.143. The Morgan fingerprint density at radius 3 is 2.56 bits per heavy atom. The van der Waals surface area contributed by atoms with Crippen LogP contribution < -0.4 is 0 Å². The molecule has 0 heterocycles. The topological polar surface area (TPSA) is 0 Å². The van der Waals surface area contributed by atoms with Gasteiger partial charge in [-0.15, -0.1) is 0 Å². The molecule has 0 bridgehead atoms. The van der Waals surface area contributed by atoms with Crippen LogP contribution in [-0.2, 0) is 0 Å². The second-order valence-electron chi connectivity index (χ2n) is 4.01. The molecule has 2 aromatic carbocycles. The summed E-state index contributed by atoms with van der Waals surface area (Å²) in [5, 5.41) is 0.0794. The van der Waals surface area contributed by atoms with Gasteiger partial charge in [-0.2, -0.15) is 0 Å². The van der Waals surface area contributed by atoms with Gasteiger partial charge in [-0.3, -0.25) is 0 Å². The predicted molar refractivity (Wildman–Crippen MR) is 73.3 cm³/mol. The van der Waals surface area contributed by atoms with Crippen molar-refractivity contribution in [3.05, 3.63) is 69.7 Å². The first-order chi connectivity index (χ1) is 8.50. The van der Waals surface area contributed by atoms with Gasteiger partial charge in [0.15, 0.2) is 0 Å². The fourth-order valence-electron chi connectivity index (χ4n) is 1.72. The second kappa shape index (κ2) is 5.37. The lowest BCUT2D eigenvalue weighted by atomic mass is 10.0. The van der Waals surface area contributed by atoms with Crippen LogP contribution in [0.5, 0.6) is 0 Å². The zero-order chi connectivity index (χ0) is 13.3. The highest BCUT2D eigenvalue weighted by Gasteiger charge is 2.17. The van der Waals surface area contributed by atoms with Gasteiger partial charge >= 0.3 is 0 Å². The first kappa shape index (κ1) is 13.5. The number of benzene rings is 2. The minimum absolute atomic E-state index is 0.0794. The summed E-state index contributed by atoms with van der Waals surface area (Å²) in [6.07, 6.45) is 0. The summed E-state index contributed by atoms with van der Waals surface area (Å²) in [5.41, 5.74) is 1.75. The van der Waals surface area contributed by atoms with Gasteiger partial charge in [0, 0.05) is 5.56 Å². The van der Waals surface area contributed by atoms with Crippen molar-refractivity contribution >= 4 is 27.5 Å². The Bertz CT molecular complexity index is 584. The Hall–Kier alpha value is -0.930. The molecule has 1 unspecified atom stereocenters. The molecule has 94 valence electrons. The number of alkyl halides is 1. The first-order valence-corrected chi connectivity index (χ1v) is 6.64. The molecule has 0 saturated carbocycles. The highest BCUT2D eigenvalue weighted by atomic mass is 79.9. The van der Waals surface area contributed by atoms with Gasteiger partial charge in [0.05, 0.1) is 9.85 Å². The molecule has 0 spiro atoms. The van der Waals surface area contributed by atoms with Crippen molar-refractivity contribution in [1.29, 1.82) is 0 Å². The van der Waals surface area contributed by atoms with Crippen LogP contribution in [0.2, 0.25) is 5.02 Å². The summed E-state index contributed by atoms with van der Waals surface area (Å²) in [6.45, 7) is 1.67. The number of aryl methyl sites for hydroxylation is 1. The van der Waals surface area contributed by atoms with E-state index in [2.05, 4.69) is 15.9 Å². The van der Waals surface area contributed by atoms with Gasteiger partial charge in [-0.25, -0.2) is 8.78 Å². The van der Waals surface area contributed by atoms with Crippen molar-refractivity contribution in [1.82, 2.24) is 0 Å². The highest BCUT2D eigenvalue weighted by molar-refractivity contribution is 9.09. The Balaban J connectivity index is 2.44. The normalized spacial score (nSPS) is 12.5. The molecule has 1 atom stereocenters. The molecular weight excluding hydrogens is 322 g/mol. The van der Waals surface area contributed by atoms with Crippen molar-refractivity contribution in [2.45, 2.75) is 11.8 Å². The molecule has 0 aliphatic carbocycles. The monoisotopic (exact) mass is 330 g/mol. The molecule has 0 fully saturated rings. The molecule has 2 rings (SSSR count). The molecule has 0 saturated heterocycles. The van der Waals surface area contributed by atoms with Crippen molar-refractivity contribution in [3.8, 4) is 0 Å². The molecule has 18 heavy (non-hydrogen) atoms. The average molecular weight is 332 g/mol. The first-order valence-electron chi connectivity index (χ1n) is 5.34. The number of hydrogen-bond acceptors (Lipinski definition) is 0. The molecule has 0 amide bonds. The Kier molecular flexibility index (Phi) is 4.03. The Labute approximate surface area is 118 Å². The van der Waals surface area contributed by atoms with Gasteiger partial charge in [0.2, 0.25) is 0 Å². The van der Waals surface area contributed by atoms with E-state index in [-0.39, 0.29) is 15.7 Å². The van der Waals surface area contributed by atoms with Gasteiger partial charge in [-0.1, -0.05) is 51.8 Å². The van der Waals surface area contributed by atoms with Crippen molar-refractivity contribution < 1.29 is 8.78 Å². The van der Waals surface area contributed by atoms with Crippen LogP contribution in [0.25, 0.3) is 0 Å². The maximum absolute atomic E-state index is 13.9. The van der Waals surface area contributed by atoms with Crippen LogP contribution in [0, 0.1) is 18.6 Å². The van der Waals surface area contributed by atoms with Gasteiger partial charge < -0.3 is 0 Å². The van der Waals surface area contributed by atoms with Crippen LogP contribution in [0.15, 0.2) is 36.4 Å². The summed E-state index contributed by atoms with van der Waals surface area (Å²) in [6, 6.07) is 9.53. The molecule has 0 aliphatic heterocycles. The lowest BCUT2D eigenvalue weighted by Crippen LogP contribution is -1.98. The van der Waals surface area contributed by atoms with E-state index >= 15 is 0 Å². The van der Waals surface area contributed by atoms with Crippen LogP contribution in [0.3, 0.4) is 0 Å². The standard InChI is InChI=1S/C14H10BrClF2/c1-8-7-9(5-6-12(8)17)13(15)10-3-2-4-11(16)14(10)18/h2-7,13H,1H3. The molecule has 0 aliphatic rings. The summed E-state index contributed by atoms with van der Waals surface area (Å²) >= 11 is 9.16. The molecule has 0 nitrogen and oxygen atoms in total. The van der Waals surface area contributed by atoms with Crippen molar-refractivity contribution in [3.63, 3.8) is 0 Å². The quantitative estimate of drug-likeness (QED) is 0.645. The number of hydrogen-bond donors (Lipinski definition) is 0. The zero-order valence-corrected chi connectivity index (χ0v) is 11.9. The summed E-state index contributed by atoms with van der Waals surface area (Å²) in [4.78, 5) is -0.351. The van der Waals surface area contributed by atoms with E-state index in [1.807, 2.05) is 0 Å². The predicted octanol–water partition coefficient (Wildman–Crippen LogP) is 5.41. The maximum Gasteiger partial charge on any atom is 0.146 e. The second-order valence-corrected chi connectivity index (χ2v) is 5.34. The minimum atomic E-state index is -0.456. The number of halogens is 4. The number of rotatable bonds is 2. The Morgan fingerprint density at radius 2 is 1.89 bits per heavy atom. The minimum Gasteiger partial charge on any atom is -0.207 e. The third kappa shape index (κ3) is 2.57. The molecule has 0 aromatic heterocycles. The van der Waals surface area contributed by atoms with Crippen LogP contribution in [0.1, 0.15) is 21.5 Å². The summed E-state index contributed by atoms with van der Waals surface area (Å²) < 4.78 is 27.1. The van der Waals surface area contributed by atoms with Crippen LogP contribution in [-0.4, -0.2) is 0 Å². The van der Waals surface area contributed by atoms with E-state index in [1.165, 1.54) is 12.1 Å². The highest BCUT2D eigenvalue weighted by Crippen LogP contribution is 2.35. The Morgan fingerprint density at radius 1 is 1.17 bits per heavy atom. The van der Waals surface area contributed by atoms with E-state index in [1.54, 1.807) is 31.2 Å². The fourth-order valence-corrected chi connectivity index (χ4v) is 2.54. The SMILES string of the molecule is Cc1cc(C(Br)c2cccc(Cl)c2F)ccc1F. The third-order valence-corrected chi connectivity index (χ3v) is 4.04. The van der Waals surface area contributed by atoms with Crippen molar-refractivity contribution in [2.24, 2.45) is 0 Å². The summed E-state index contributed by atoms with van der Waals surface area (Å²) in [7, 11) is 0. The smallest absolute Gasteiger partial charge is 0.146 e. The molecule has 4 heteroatoms. The molecule has 0 radical (unpaired) electrons. The van der Waals surface area contributed by atoms with Gasteiger partial charge in [0.1, 0.15) is 11.6 Å². The zero-order valence-electron chi connectivity index (χ0n) is 9.55. The molecular formula is C14H10BrClF2. The lowest BCUT2D eigenvalue weighted by molar-refractivity contribution is 0.612. The van der Waals surface area contributed by atoms with E-state index in [0.717, 1.165) is 5.56 Å². The molecule has 2 aromatic rings. The maximum atomic E-state index is 13.9. The van der Waals surface area contributed by atoms with E-state index in [4.69, 9.17) is 11.6 Å².